The second-order valence-corrected chi connectivity index (χ2v) is 6.98. The molecule has 0 spiro atoms. The van der Waals surface area contributed by atoms with Gasteiger partial charge in [0.15, 0.2) is 5.65 Å². The number of benzene rings is 1. The largest absolute Gasteiger partial charge is 0.383 e. The minimum Gasteiger partial charge on any atom is -0.383 e. The predicted molar refractivity (Wildman–Crippen MR) is 98.2 cm³/mol. The molecule has 0 bridgehead atoms. The zero-order valence-electron chi connectivity index (χ0n) is 14.2. The maximum absolute atomic E-state index is 13.8. The molecule has 3 N–H and O–H groups in total. The fourth-order valence-electron chi connectivity index (χ4n) is 3.81. The van der Waals surface area contributed by atoms with E-state index in [1.54, 1.807) is 12.1 Å². The Morgan fingerprint density at radius 2 is 2.15 bits per heavy atom. The molecule has 1 unspecified atom stereocenters. The number of rotatable bonds is 3. The summed E-state index contributed by atoms with van der Waals surface area (Å²) in [7, 11) is 0. The lowest BCUT2D eigenvalue weighted by atomic mass is 9.90. The Hall–Kier alpha value is -2.96. The van der Waals surface area contributed by atoms with Crippen LogP contribution in [-0.2, 0) is 6.42 Å². The van der Waals surface area contributed by atoms with Crippen LogP contribution in [-0.4, -0.2) is 19.7 Å². The number of aromatic nitrogens is 4. The van der Waals surface area contributed by atoms with Crippen LogP contribution in [0.1, 0.15) is 42.5 Å². The number of anilines is 2. The summed E-state index contributed by atoms with van der Waals surface area (Å²) >= 11 is 0. The number of hydrogen-bond donors (Lipinski definition) is 2. The number of nitrogens with two attached hydrogens (primary N) is 1. The van der Waals surface area contributed by atoms with Gasteiger partial charge in [-0.15, -0.1) is 0 Å². The Kier molecular flexibility index (Phi) is 3.41. The third kappa shape index (κ3) is 2.34. The van der Waals surface area contributed by atoms with Crippen LogP contribution in [0.15, 0.2) is 36.8 Å². The summed E-state index contributed by atoms with van der Waals surface area (Å²) in [5.74, 6) is 0.237. The molecule has 6 nitrogen and oxygen atoms in total. The Morgan fingerprint density at radius 1 is 1.27 bits per heavy atom. The highest BCUT2D eigenvalue weighted by molar-refractivity contribution is 5.88. The molecular weight excluding hydrogens is 331 g/mol. The number of fused-ring (bicyclic) bond motifs is 2. The van der Waals surface area contributed by atoms with Gasteiger partial charge in [0.05, 0.1) is 17.1 Å². The average molecular weight is 350 g/mol. The van der Waals surface area contributed by atoms with Crippen molar-refractivity contribution in [1.82, 2.24) is 19.7 Å². The molecule has 1 fully saturated rings. The van der Waals surface area contributed by atoms with E-state index in [0.717, 1.165) is 40.8 Å². The highest BCUT2D eigenvalue weighted by Crippen LogP contribution is 2.38. The van der Waals surface area contributed by atoms with Gasteiger partial charge in [-0.2, -0.15) is 5.10 Å². The Labute approximate surface area is 149 Å². The molecule has 2 aromatic heterocycles. The van der Waals surface area contributed by atoms with Gasteiger partial charge in [-0.05, 0) is 49.2 Å². The quantitative estimate of drug-likeness (QED) is 0.755. The molecule has 0 saturated heterocycles. The van der Waals surface area contributed by atoms with E-state index in [2.05, 4.69) is 15.3 Å². The molecule has 1 aromatic carbocycles. The van der Waals surface area contributed by atoms with Crippen molar-refractivity contribution in [2.24, 2.45) is 0 Å². The van der Waals surface area contributed by atoms with Gasteiger partial charge in [-0.3, -0.25) is 0 Å². The summed E-state index contributed by atoms with van der Waals surface area (Å²) in [5, 5.41) is 8.84. The lowest BCUT2D eigenvalue weighted by Crippen LogP contribution is -2.18. The van der Waals surface area contributed by atoms with Crippen molar-refractivity contribution in [3.05, 3.63) is 53.9 Å². The summed E-state index contributed by atoms with van der Waals surface area (Å²) in [5.41, 5.74) is 9.68. The van der Waals surface area contributed by atoms with E-state index < -0.39 is 0 Å². The van der Waals surface area contributed by atoms with Gasteiger partial charge in [0, 0.05) is 18.0 Å². The number of nitrogens with one attached hydrogen (secondary N) is 1. The second kappa shape index (κ2) is 5.79. The summed E-state index contributed by atoms with van der Waals surface area (Å²) in [6.45, 7) is 0. The van der Waals surface area contributed by atoms with Crippen LogP contribution in [0.5, 0.6) is 0 Å². The third-order valence-electron chi connectivity index (χ3n) is 5.40. The Balaban J connectivity index is 1.59. The maximum atomic E-state index is 13.8. The van der Waals surface area contributed by atoms with Crippen LogP contribution < -0.4 is 11.1 Å². The molecule has 3 heterocycles. The van der Waals surface area contributed by atoms with Gasteiger partial charge >= 0.3 is 0 Å². The average Bonchev–Trinajstić information content (AvgIpc) is 2.93. The molecule has 1 atom stereocenters. The summed E-state index contributed by atoms with van der Waals surface area (Å²) in [6.07, 6.45) is 9.50. The highest BCUT2D eigenvalue weighted by atomic mass is 19.1. The van der Waals surface area contributed by atoms with Crippen molar-refractivity contribution in [3.63, 3.8) is 0 Å². The first-order valence-corrected chi connectivity index (χ1v) is 8.91. The Morgan fingerprint density at radius 3 is 2.96 bits per heavy atom. The lowest BCUT2D eigenvalue weighted by molar-refractivity contribution is 0.294. The van der Waals surface area contributed by atoms with E-state index in [1.165, 1.54) is 18.8 Å². The van der Waals surface area contributed by atoms with E-state index in [0.29, 0.717) is 18.3 Å². The first-order valence-electron chi connectivity index (χ1n) is 8.91. The van der Waals surface area contributed by atoms with Crippen LogP contribution in [0.3, 0.4) is 0 Å². The fourth-order valence-corrected chi connectivity index (χ4v) is 3.81. The first-order chi connectivity index (χ1) is 12.7. The Bertz CT molecular complexity index is 1020. The normalized spacial score (nSPS) is 19.2. The van der Waals surface area contributed by atoms with Crippen LogP contribution in [0.25, 0.3) is 11.0 Å². The number of allylic oxidation sites excluding steroid dienone is 1. The first kappa shape index (κ1) is 15.3. The summed E-state index contributed by atoms with van der Waals surface area (Å²) in [4.78, 5) is 8.60. The number of halogens is 1. The fraction of sp³-hybridized carbons (Fsp3) is 0.316. The van der Waals surface area contributed by atoms with Crippen LogP contribution in [0.4, 0.5) is 15.9 Å². The van der Waals surface area contributed by atoms with Gasteiger partial charge in [-0.25, -0.2) is 19.0 Å². The van der Waals surface area contributed by atoms with E-state index >= 15 is 0 Å². The number of hydrogen-bond acceptors (Lipinski definition) is 5. The molecule has 1 saturated carbocycles. The van der Waals surface area contributed by atoms with Crippen molar-refractivity contribution < 1.29 is 4.39 Å². The predicted octanol–water partition coefficient (Wildman–Crippen LogP) is 3.54. The van der Waals surface area contributed by atoms with Crippen molar-refractivity contribution in [1.29, 1.82) is 0 Å². The summed E-state index contributed by atoms with van der Waals surface area (Å²) in [6, 6.07) is 5.20. The van der Waals surface area contributed by atoms with Crippen molar-refractivity contribution in [3.8, 4) is 0 Å². The SMILES string of the molecule is Nc1ncnc2c1c(CC1C=CNc3ccc(F)cc31)nn2C1CCC1. The molecule has 3 aromatic rings. The molecule has 132 valence electrons. The third-order valence-corrected chi connectivity index (χ3v) is 5.40. The molecule has 7 heteroatoms. The topological polar surface area (TPSA) is 81.7 Å². The lowest BCUT2D eigenvalue weighted by Gasteiger charge is -2.26. The number of nitrogens with zero attached hydrogens (tertiary/aromatic N) is 4. The second-order valence-electron chi connectivity index (χ2n) is 6.98. The van der Waals surface area contributed by atoms with Gasteiger partial charge in [-0.1, -0.05) is 6.08 Å². The molecule has 1 aliphatic carbocycles. The zero-order chi connectivity index (χ0) is 17.7. The highest BCUT2D eigenvalue weighted by Gasteiger charge is 2.27. The maximum Gasteiger partial charge on any atom is 0.163 e. The van der Waals surface area contributed by atoms with E-state index in [9.17, 15) is 4.39 Å². The smallest absolute Gasteiger partial charge is 0.163 e. The van der Waals surface area contributed by atoms with Crippen molar-refractivity contribution in [2.75, 3.05) is 11.1 Å². The van der Waals surface area contributed by atoms with E-state index in [1.807, 2.05) is 17.0 Å². The van der Waals surface area contributed by atoms with Gasteiger partial charge < -0.3 is 11.1 Å². The molecule has 0 radical (unpaired) electrons. The minimum absolute atomic E-state index is 0.0227. The standard InChI is InChI=1S/C19H19FN6/c20-12-4-5-15-14(9-12)11(6-7-22-15)8-16-17-18(21)23-10-24-19(17)26(25-16)13-2-1-3-13/h4-7,9-11,13,22H,1-3,8H2,(H2,21,23,24). The summed E-state index contributed by atoms with van der Waals surface area (Å²) < 4.78 is 15.8. The van der Waals surface area contributed by atoms with Gasteiger partial charge in [0.2, 0.25) is 0 Å². The molecule has 2 aliphatic rings. The monoisotopic (exact) mass is 350 g/mol. The number of nitrogen functional groups attached to an aromatic ring is 1. The van der Waals surface area contributed by atoms with Crippen molar-refractivity contribution >= 4 is 22.5 Å². The molecule has 26 heavy (non-hydrogen) atoms. The van der Waals surface area contributed by atoms with Crippen LogP contribution in [0, 0.1) is 5.82 Å². The molecule has 1 aliphatic heterocycles. The zero-order valence-corrected chi connectivity index (χ0v) is 14.2. The van der Waals surface area contributed by atoms with E-state index in [-0.39, 0.29) is 11.7 Å². The molecule has 0 amide bonds. The molecule has 5 rings (SSSR count). The van der Waals surface area contributed by atoms with E-state index in [4.69, 9.17) is 10.8 Å². The van der Waals surface area contributed by atoms with Crippen LogP contribution >= 0.6 is 0 Å². The molecular formula is C19H19FN6. The van der Waals surface area contributed by atoms with Gasteiger partial charge in [0.1, 0.15) is 18.0 Å². The minimum atomic E-state index is -0.237. The van der Waals surface area contributed by atoms with Crippen LogP contribution in [0.2, 0.25) is 0 Å². The van der Waals surface area contributed by atoms with Crippen molar-refractivity contribution in [2.45, 2.75) is 37.6 Å². The van der Waals surface area contributed by atoms with Gasteiger partial charge in [0.25, 0.3) is 0 Å².